The van der Waals surface area contributed by atoms with Crippen LogP contribution in [0.5, 0.6) is 0 Å². The van der Waals surface area contributed by atoms with E-state index in [1.807, 2.05) is 18.2 Å². The molecule has 0 bridgehead atoms. The van der Waals surface area contributed by atoms with Crippen LogP contribution >= 0.6 is 24.0 Å². The van der Waals surface area contributed by atoms with E-state index in [0.29, 0.717) is 0 Å². The van der Waals surface area contributed by atoms with E-state index >= 15 is 0 Å². The van der Waals surface area contributed by atoms with Crippen molar-refractivity contribution in [2.24, 2.45) is 0 Å². The Balaban J connectivity index is 1.56. The molecule has 0 saturated carbocycles. The molecule has 1 saturated heterocycles. The molecule has 1 aromatic heterocycles. The maximum atomic E-state index is 5.65. The number of thioether (sulfide) groups is 1. The Hall–Kier alpha value is -1.50. The van der Waals surface area contributed by atoms with Crippen molar-refractivity contribution >= 4 is 34.8 Å². The summed E-state index contributed by atoms with van der Waals surface area (Å²) in [5, 5.41) is 4.23. The molecule has 1 aliphatic heterocycles. The molecule has 0 radical (unpaired) electrons. The van der Waals surface area contributed by atoms with Gasteiger partial charge in [-0.05, 0) is 49.2 Å². The Morgan fingerprint density at radius 3 is 2.83 bits per heavy atom. The average molecular weight is 362 g/mol. The third kappa shape index (κ3) is 4.53. The van der Waals surface area contributed by atoms with Crippen LogP contribution in [-0.4, -0.2) is 47.3 Å². The minimum atomic E-state index is 0.816. The van der Waals surface area contributed by atoms with E-state index in [2.05, 4.69) is 39.6 Å². The van der Waals surface area contributed by atoms with Crippen LogP contribution in [0.15, 0.2) is 52.0 Å². The lowest BCUT2D eigenvalue weighted by Crippen LogP contribution is -2.37. The molecular formula is C18H23N3OS2. The van der Waals surface area contributed by atoms with E-state index in [1.165, 1.54) is 4.90 Å². The number of anilines is 1. The van der Waals surface area contributed by atoms with Crippen molar-refractivity contribution < 1.29 is 4.42 Å². The summed E-state index contributed by atoms with van der Waals surface area (Å²) >= 11 is 7.38. The molecule has 3 rings (SSSR count). The summed E-state index contributed by atoms with van der Waals surface area (Å²) in [6.07, 6.45) is 4.93. The molecule has 1 N–H and O–H groups in total. The van der Waals surface area contributed by atoms with Crippen molar-refractivity contribution in [1.82, 2.24) is 9.80 Å². The topological polar surface area (TPSA) is 31.6 Å². The van der Waals surface area contributed by atoms with Gasteiger partial charge in [0, 0.05) is 31.1 Å². The second kappa shape index (κ2) is 8.55. The smallest absolute Gasteiger partial charge is 0.173 e. The molecule has 0 amide bonds. The van der Waals surface area contributed by atoms with Gasteiger partial charge in [-0.2, -0.15) is 0 Å². The van der Waals surface area contributed by atoms with E-state index in [4.69, 9.17) is 16.6 Å². The Bertz CT molecular complexity index is 660. The zero-order valence-corrected chi connectivity index (χ0v) is 15.5. The van der Waals surface area contributed by atoms with Gasteiger partial charge in [0.05, 0.1) is 18.5 Å². The number of para-hydroxylation sites is 1. The molecule has 0 aliphatic carbocycles. The van der Waals surface area contributed by atoms with E-state index < -0.39 is 0 Å². The lowest BCUT2D eigenvalue weighted by atomic mass is 10.3. The van der Waals surface area contributed by atoms with Crippen LogP contribution in [0.3, 0.4) is 0 Å². The number of hydrogen-bond donors (Lipinski definition) is 1. The quantitative estimate of drug-likeness (QED) is 0.657. The first-order valence-corrected chi connectivity index (χ1v) is 9.83. The lowest BCUT2D eigenvalue weighted by molar-refractivity contribution is 0.255. The number of nitrogens with one attached hydrogen (secondary N) is 1. The van der Waals surface area contributed by atoms with E-state index in [1.54, 1.807) is 18.0 Å². The van der Waals surface area contributed by atoms with Crippen LogP contribution in [0.25, 0.3) is 0 Å². The van der Waals surface area contributed by atoms with Crippen molar-refractivity contribution in [1.29, 1.82) is 0 Å². The monoisotopic (exact) mass is 361 g/mol. The highest BCUT2D eigenvalue weighted by Crippen LogP contribution is 2.25. The Morgan fingerprint density at radius 2 is 2.04 bits per heavy atom. The highest BCUT2D eigenvalue weighted by Gasteiger charge is 2.18. The molecule has 2 aromatic rings. The Labute approximate surface area is 153 Å². The van der Waals surface area contributed by atoms with Crippen molar-refractivity contribution in [3.63, 3.8) is 0 Å². The number of rotatable bonds is 4. The average Bonchev–Trinajstić information content (AvgIpc) is 2.99. The Kier molecular flexibility index (Phi) is 6.18. The number of thiocarbonyl (C=S) groups is 1. The van der Waals surface area contributed by atoms with E-state index in [0.717, 1.165) is 55.7 Å². The highest BCUT2D eigenvalue weighted by atomic mass is 32.2. The van der Waals surface area contributed by atoms with Gasteiger partial charge in [-0.25, -0.2) is 0 Å². The van der Waals surface area contributed by atoms with Gasteiger partial charge in [0.15, 0.2) is 5.11 Å². The first kappa shape index (κ1) is 17.3. The van der Waals surface area contributed by atoms with Gasteiger partial charge < -0.3 is 14.6 Å². The van der Waals surface area contributed by atoms with E-state index in [-0.39, 0.29) is 0 Å². The van der Waals surface area contributed by atoms with Crippen LogP contribution < -0.4 is 5.32 Å². The fraction of sp³-hybridized carbons (Fsp3) is 0.389. The van der Waals surface area contributed by atoms with Crippen LogP contribution in [0, 0.1) is 0 Å². The number of benzene rings is 1. The third-order valence-corrected chi connectivity index (χ3v) is 5.34. The fourth-order valence-electron chi connectivity index (χ4n) is 2.90. The summed E-state index contributed by atoms with van der Waals surface area (Å²) < 4.78 is 5.46. The van der Waals surface area contributed by atoms with Gasteiger partial charge in [0.1, 0.15) is 5.76 Å². The summed E-state index contributed by atoms with van der Waals surface area (Å²) in [5.41, 5.74) is 1.09. The fourth-order valence-corrected chi connectivity index (χ4v) is 3.74. The van der Waals surface area contributed by atoms with Gasteiger partial charge in [-0.15, -0.1) is 11.8 Å². The minimum Gasteiger partial charge on any atom is -0.468 e. The summed E-state index contributed by atoms with van der Waals surface area (Å²) in [6.45, 7) is 4.86. The predicted octanol–water partition coefficient (Wildman–Crippen LogP) is 3.91. The molecule has 0 atom stereocenters. The molecule has 6 heteroatoms. The Morgan fingerprint density at radius 1 is 1.17 bits per heavy atom. The number of hydrogen-bond acceptors (Lipinski definition) is 4. The maximum Gasteiger partial charge on any atom is 0.173 e. The molecule has 0 unspecified atom stereocenters. The zero-order valence-electron chi connectivity index (χ0n) is 13.9. The summed E-state index contributed by atoms with van der Waals surface area (Å²) in [6, 6.07) is 12.3. The molecule has 4 nitrogen and oxygen atoms in total. The maximum absolute atomic E-state index is 5.65. The molecule has 0 spiro atoms. The van der Waals surface area contributed by atoms with Gasteiger partial charge in [0.25, 0.3) is 0 Å². The van der Waals surface area contributed by atoms with Crippen molar-refractivity contribution in [2.75, 3.05) is 37.8 Å². The summed E-state index contributed by atoms with van der Waals surface area (Å²) in [5.74, 6) is 1.03. The molecule has 128 valence electrons. The molecule has 1 aliphatic rings. The molecule has 24 heavy (non-hydrogen) atoms. The summed E-state index contributed by atoms with van der Waals surface area (Å²) in [4.78, 5) is 5.92. The minimum absolute atomic E-state index is 0.816. The van der Waals surface area contributed by atoms with Crippen LogP contribution in [0.4, 0.5) is 5.69 Å². The second-order valence-corrected chi connectivity index (χ2v) is 7.06. The zero-order chi connectivity index (χ0) is 16.8. The molecule has 1 fully saturated rings. The largest absolute Gasteiger partial charge is 0.468 e. The predicted molar refractivity (Wildman–Crippen MR) is 105 cm³/mol. The SMILES string of the molecule is CSc1ccccc1NC(=S)N1CCCN(Cc2ccco2)CC1. The third-order valence-electron chi connectivity index (χ3n) is 4.18. The second-order valence-electron chi connectivity index (χ2n) is 5.83. The molecule has 2 heterocycles. The van der Waals surface area contributed by atoms with Crippen molar-refractivity contribution in [3.05, 3.63) is 48.4 Å². The van der Waals surface area contributed by atoms with Gasteiger partial charge >= 0.3 is 0 Å². The van der Waals surface area contributed by atoms with Crippen molar-refractivity contribution in [2.45, 2.75) is 17.9 Å². The van der Waals surface area contributed by atoms with E-state index in [9.17, 15) is 0 Å². The van der Waals surface area contributed by atoms with Gasteiger partial charge in [-0.3, -0.25) is 4.90 Å². The molecular weight excluding hydrogens is 338 g/mol. The highest BCUT2D eigenvalue weighted by molar-refractivity contribution is 7.98. The number of nitrogens with zero attached hydrogens (tertiary/aromatic N) is 2. The number of furan rings is 1. The van der Waals surface area contributed by atoms with Gasteiger partial charge in [0.2, 0.25) is 0 Å². The van der Waals surface area contributed by atoms with Crippen LogP contribution in [-0.2, 0) is 6.54 Å². The standard InChI is InChI=1S/C18H23N3OS2/c1-24-17-8-3-2-7-16(17)19-18(23)21-10-5-9-20(11-12-21)14-15-6-4-13-22-15/h2-4,6-8,13H,5,9-12,14H2,1H3,(H,19,23). The van der Waals surface area contributed by atoms with Crippen LogP contribution in [0.2, 0.25) is 0 Å². The first-order chi connectivity index (χ1) is 11.8. The van der Waals surface area contributed by atoms with Crippen LogP contribution in [0.1, 0.15) is 12.2 Å². The summed E-state index contributed by atoms with van der Waals surface area (Å²) in [7, 11) is 0. The van der Waals surface area contributed by atoms with Gasteiger partial charge in [-0.1, -0.05) is 12.1 Å². The lowest BCUT2D eigenvalue weighted by Gasteiger charge is -2.25. The first-order valence-electron chi connectivity index (χ1n) is 8.20. The molecule has 1 aromatic carbocycles. The van der Waals surface area contributed by atoms with Crippen molar-refractivity contribution in [3.8, 4) is 0 Å². The normalized spacial score (nSPS) is 16.0.